The summed E-state index contributed by atoms with van der Waals surface area (Å²) in [6.07, 6.45) is 6.94. The molecular weight excluding hydrogens is 297 g/mol. The summed E-state index contributed by atoms with van der Waals surface area (Å²) in [5.74, 6) is 0.483. The van der Waals surface area contributed by atoms with Gasteiger partial charge in [0.05, 0.1) is 0 Å². The van der Waals surface area contributed by atoms with Crippen LogP contribution in [0.2, 0.25) is 0 Å². The van der Waals surface area contributed by atoms with Crippen molar-refractivity contribution in [2.45, 2.75) is 13.0 Å². The van der Waals surface area contributed by atoms with Gasteiger partial charge in [-0.05, 0) is 44.9 Å². The molecule has 2 heteroatoms. The Morgan fingerprint density at radius 1 is 0.870 bits per heavy atom. The van der Waals surface area contributed by atoms with E-state index in [1.165, 1.54) is 10.6 Å². The number of hydrogen-bond donors (Lipinski definition) is 0. The normalized spacial score (nSPS) is 18.5. The number of nitrogens with zero attached hydrogens (tertiary/aromatic N) is 1. The Morgan fingerprint density at radius 2 is 1.39 bits per heavy atom. The highest BCUT2D eigenvalue weighted by molar-refractivity contribution is 7.76. The van der Waals surface area contributed by atoms with Crippen molar-refractivity contribution in [2.24, 2.45) is 5.92 Å². The maximum Gasteiger partial charge on any atom is 0.0185 e. The first-order valence-corrected chi connectivity index (χ1v) is 9.47. The Kier molecular flexibility index (Phi) is 5.10. The number of rotatable bonds is 5. The van der Waals surface area contributed by atoms with Gasteiger partial charge < -0.3 is 4.90 Å². The van der Waals surface area contributed by atoms with E-state index in [2.05, 4.69) is 105 Å². The molecule has 23 heavy (non-hydrogen) atoms. The number of allylic oxidation sites excluding steroid dienone is 2. The van der Waals surface area contributed by atoms with Crippen molar-refractivity contribution in [1.82, 2.24) is 4.90 Å². The van der Waals surface area contributed by atoms with Crippen LogP contribution >= 0.6 is 7.92 Å². The van der Waals surface area contributed by atoms with Crippen molar-refractivity contribution >= 4 is 18.5 Å². The molecule has 0 heterocycles. The average molecular weight is 321 g/mol. The van der Waals surface area contributed by atoms with Crippen LogP contribution in [0.5, 0.6) is 0 Å². The largest absolute Gasteiger partial charge is 0.306 e. The Bertz CT molecular complexity index is 649. The summed E-state index contributed by atoms with van der Waals surface area (Å²) >= 11 is 0. The van der Waals surface area contributed by atoms with Crippen LogP contribution in [0, 0.1) is 5.92 Å². The SMILES string of the molecule is C[C@H](C1C=CC=C1P(c1ccccc1)c1ccccc1)N(C)C. The van der Waals surface area contributed by atoms with Gasteiger partial charge in [0.15, 0.2) is 0 Å². The van der Waals surface area contributed by atoms with Crippen LogP contribution in [0.3, 0.4) is 0 Å². The first-order valence-electron chi connectivity index (χ1n) is 8.13. The van der Waals surface area contributed by atoms with Crippen LogP contribution in [-0.2, 0) is 0 Å². The second-order valence-electron chi connectivity index (χ2n) is 6.21. The van der Waals surface area contributed by atoms with Crippen LogP contribution < -0.4 is 10.6 Å². The zero-order chi connectivity index (χ0) is 16.2. The molecule has 1 aliphatic carbocycles. The molecule has 0 fully saturated rings. The molecule has 0 aliphatic heterocycles. The van der Waals surface area contributed by atoms with Crippen LogP contribution in [0.1, 0.15) is 6.92 Å². The minimum atomic E-state index is -0.477. The van der Waals surface area contributed by atoms with Crippen molar-refractivity contribution in [1.29, 1.82) is 0 Å². The quantitative estimate of drug-likeness (QED) is 0.748. The standard InChI is InChI=1S/C21H24NP/c1-17(22(2)3)20-15-10-16-21(20)23(18-11-6-4-7-12-18)19-13-8-5-9-14-19/h4-17,20H,1-3H3/t17-,20?/m1/s1. The molecule has 0 N–H and O–H groups in total. The van der Waals surface area contributed by atoms with Crippen LogP contribution in [-0.4, -0.2) is 25.0 Å². The molecule has 118 valence electrons. The maximum absolute atomic E-state index is 2.36. The molecule has 3 rings (SSSR count). The van der Waals surface area contributed by atoms with E-state index in [0.717, 1.165) is 0 Å². The molecule has 0 saturated carbocycles. The highest BCUT2D eigenvalue weighted by atomic mass is 31.1. The summed E-state index contributed by atoms with van der Waals surface area (Å²) in [4.78, 5) is 2.32. The van der Waals surface area contributed by atoms with Gasteiger partial charge in [-0.1, -0.05) is 78.9 Å². The van der Waals surface area contributed by atoms with Crippen LogP contribution in [0.15, 0.2) is 84.2 Å². The van der Waals surface area contributed by atoms with Crippen LogP contribution in [0.4, 0.5) is 0 Å². The fourth-order valence-electron chi connectivity index (χ4n) is 3.04. The third-order valence-electron chi connectivity index (χ3n) is 4.55. The molecule has 0 saturated heterocycles. The van der Waals surface area contributed by atoms with E-state index in [4.69, 9.17) is 0 Å². The average Bonchev–Trinajstić information content (AvgIpc) is 3.05. The molecule has 0 amide bonds. The van der Waals surface area contributed by atoms with Crippen molar-refractivity contribution in [3.05, 3.63) is 84.2 Å². The van der Waals surface area contributed by atoms with Gasteiger partial charge in [-0.25, -0.2) is 0 Å². The molecule has 0 spiro atoms. The van der Waals surface area contributed by atoms with E-state index < -0.39 is 7.92 Å². The predicted molar refractivity (Wildman–Crippen MR) is 103 cm³/mol. The van der Waals surface area contributed by atoms with Gasteiger partial charge in [0.2, 0.25) is 0 Å². The third kappa shape index (κ3) is 3.47. The monoisotopic (exact) mass is 321 g/mol. The maximum atomic E-state index is 2.36. The number of benzene rings is 2. The lowest BCUT2D eigenvalue weighted by molar-refractivity contribution is 0.281. The molecule has 2 aromatic rings. The van der Waals surface area contributed by atoms with E-state index in [9.17, 15) is 0 Å². The Hall–Kier alpha value is -1.69. The zero-order valence-corrected chi connectivity index (χ0v) is 14.9. The van der Waals surface area contributed by atoms with Gasteiger partial charge in [-0.15, -0.1) is 0 Å². The van der Waals surface area contributed by atoms with Crippen LogP contribution in [0.25, 0.3) is 0 Å². The summed E-state index contributed by atoms with van der Waals surface area (Å²) in [6.45, 7) is 2.32. The molecule has 1 nitrogen and oxygen atoms in total. The van der Waals surface area contributed by atoms with E-state index in [1.54, 1.807) is 5.31 Å². The summed E-state index contributed by atoms with van der Waals surface area (Å²) in [7, 11) is 3.86. The Morgan fingerprint density at radius 3 is 1.87 bits per heavy atom. The Balaban J connectivity index is 2.03. The van der Waals surface area contributed by atoms with Gasteiger partial charge in [0.25, 0.3) is 0 Å². The van der Waals surface area contributed by atoms with Crippen molar-refractivity contribution in [2.75, 3.05) is 14.1 Å². The van der Waals surface area contributed by atoms with E-state index >= 15 is 0 Å². The second kappa shape index (κ2) is 7.25. The second-order valence-corrected chi connectivity index (χ2v) is 8.43. The van der Waals surface area contributed by atoms with Gasteiger partial charge in [-0.3, -0.25) is 0 Å². The third-order valence-corrected chi connectivity index (χ3v) is 7.14. The van der Waals surface area contributed by atoms with Gasteiger partial charge >= 0.3 is 0 Å². The summed E-state index contributed by atoms with van der Waals surface area (Å²) in [5.41, 5.74) is 0. The van der Waals surface area contributed by atoms with Gasteiger partial charge in [0.1, 0.15) is 0 Å². The minimum Gasteiger partial charge on any atom is -0.306 e. The van der Waals surface area contributed by atoms with Gasteiger partial charge in [0, 0.05) is 12.0 Å². The highest BCUT2D eigenvalue weighted by Crippen LogP contribution is 2.50. The molecular formula is C21H24NP. The molecule has 1 aliphatic rings. The van der Waals surface area contributed by atoms with Gasteiger partial charge in [-0.2, -0.15) is 0 Å². The van der Waals surface area contributed by atoms with Crippen molar-refractivity contribution < 1.29 is 0 Å². The first-order chi connectivity index (χ1) is 11.2. The minimum absolute atomic E-state index is 0.477. The zero-order valence-electron chi connectivity index (χ0n) is 14.1. The first kappa shape index (κ1) is 16.2. The highest BCUT2D eigenvalue weighted by Gasteiger charge is 2.30. The molecule has 2 atom stereocenters. The molecule has 0 aromatic heterocycles. The molecule has 2 aromatic carbocycles. The topological polar surface area (TPSA) is 3.24 Å². The smallest absolute Gasteiger partial charge is 0.0185 e. The number of hydrogen-bond acceptors (Lipinski definition) is 1. The molecule has 1 unspecified atom stereocenters. The van der Waals surface area contributed by atoms with E-state index in [1.807, 2.05) is 0 Å². The Labute approximate surface area is 141 Å². The lowest BCUT2D eigenvalue weighted by Crippen LogP contribution is -2.32. The molecule has 0 bridgehead atoms. The molecule has 0 radical (unpaired) electrons. The lowest BCUT2D eigenvalue weighted by Gasteiger charge is -2.32. The predicted octanol–water partition coefficient (Wildman–Crippen LogP) is 4.14. The van der Waals surface area contributed by atoms with Crippen molar-refractivity contribution in [3.8, 4) is 0 Å². The fourth-order valence-corrected chi connectivity index (χ4v) is 5.71. The van der Waals surface area contributed by atoms with Crippen molar-refractivity contribution in [3.63, 3.8) is 0 Å². The fraction of sp³-hybridized carbons (Fsp3) is 0.238. The summed E-state index contributed by atoms with van der Waals surface area (Å²) in [6, 6.07) is 22.4. The van der Waals surface area contributed by atoms with E-state index in [-0.39, 0.29) is 0 Å². The summed E-state index contributed by atoms with van der Waals surface area (Å²) in [5, 5.41) is 4.41. The lowest BCUT2D eigenvalue weighted by atomic mass is 10.0. The summed E-state index contributed by atoms with van der Waals surface area (Å²) < 4.78 is 0. The van der Waals surface area contributed by atoms with E-state index in [0.29, 0.717) is 12.0 Å².